The third-order valence-electron chi connectivity index (χ3n) is 3.41. The van der Waals surface area contributed by atoms with E-state index < -0.39 is 0 Å². The number of ether oxygens (including phenoxy) is 1. The van der Waals surface area contributed by atoms with Crippen LogP contribution in [-0.4, -0.2) is 17.5 Å². The molecule has 0 amide bonds. The maximum atomic E-state index is 5.86. The van der Waals surface area contributed by atoms with E-state index in [1.54, 1.807) is 0 Å². The van der Waals surface area contributed by atoms with Gasteiger partial charge in [0.1, 0.15) is 11.5 Å². The fraction of sp³-hybridized carbons (Fsp3) is 0.294. The fourth-order valence-electron chi connectivity index (χ4n) is 2.35. The zero-order valence-corrected chi connectivity index (χ0v) is 12.2. The lowest BCUT2D eigenvalue weighted by Gasteiger charge is -2.23. The van der Waals surface area contributed by atoms with E-state index in [1.807, 2.05) is 54.2 Å². The highest BCUT2D eigenvalue weighted by Crippen LogP contribution is 2.26. The minimum absolute atomic E-state index is 0.600. The van der Waals surface area contributed by atoms with E-state index >= 15 is 0 Å². The average molecular weight is 285 g/mol. The van der Waals surface area contributed by atoms with E-state index in [1.165, 1.54) is 24.3 Å². The van der Waals surface area contributed by atoms with Crippen LogP contribution in [0.25, 0.3) is 0 Å². The van der Waals surface area contributed by atoms with E-state index in [0.29, 0.717) is 6.04 Å². The number of rotatable bonds is 4. The van der Waals surface area contributed by atoms with Crippen molar-refractivity contribution in [1.29, 1.82) is 0 Å². The van der Waals surface area contributed by atoms with Crippen molar-refractivity contribution >= 4 is 17.4 Å². The summed E-state index contributed by atoms with van der Waals surface area (Å²) < 4.78 is 5.86. The van der Waals surface area contributed by atoms with E-state index in [9.17, 15) is 0 Å². The minimum Gasteiger partial charge on any atom is -0.457 e. The molecule has 0 radical (unpaired) electrons. The van der Waals surface area contributed by atoms with Crippen LogP contribution in [0.5, 0.6) is 11.5 Å². The van der Waals surface area contributed by atoms with Gasteiger partial charge in [-0.05, 0) is 48.6 Å². The Morgan fingerprint density at radius 1 is 0.900 bits per heavy atom. The van der Waals surface area contributed by atoms with Crippen LogP contribution in [0, 0.1) is 0 Å². The molecule has 1 aliphatic heterocycles. The van der Waals surface area contributed by atoms with Crippen molar-refractivity contribution in [2.45, 2.75) is 18.9 Å². The Balaban J connectivity index is 1.66. The zero-order chi connectivity index (χ0) is 13.6. The van der Waals surface area contributed by atoms with Gasteiger partial charge in [0.15, 0.2) is 0 Å². The summed E-state index contributed by atoms with van der Waals surface area (Å²) in [4.78, 5) is 0. The summed E-state index contributed by atoms with van der Waals surface area (Å²) in [5.41, 5.74) is 1.15. The lowest BCUT2D eigenvalue weighted by atomic mass is 10.1. The van der Waals surface area contributed by atoms with Crippen molar-refractivity contribution in [3.05, 3.63) is 54.6 Å². The molecule has 1 saturated heterocycles. The van der Waals surface area contributed by atoms with E-state index in [2.05, 4.69) is 17.4 Å². The van der Waals surface area contributed by atoms with Crippen LogP contribution in [0.3, 0.4) is 0 Å². The van der Waals surface area contributed by atoms with Crippen LogP contribution in [0.4, 0.5) is 5.69 Å². The first-order chi connectivity index (χ1) is 9.90. The number of thioether (sulfide) groups is 1. The molecule has 0 aromatic heterocycles. The number of para-hydroxylation sites is 1. The van der Waals surface area contributed by atoms with Gasteiger partial charge in [0.25, 0.3) is 0 Å². The molecule has 2 aromatic carbocycles. The lowest BCUT2D eigenvalue weighted by molar-refractivity contribution is 0.483. The second kappa shape index (κ2) is 6.71. The van der Waals surface area contributed by atoms with Crippen LogP contribution in [0.15, 0.2) is 54.6 Å². The molecule has 1 N–H and O–H groups in total. The van der Waals surface area contributed by atoms with Gasteiger partial charge in [-0.25, -0.2) is 0 Å². The van der Waals surface area contributed by atoms with Crippen LogP contribution >= 0.6 is 11.8 Å². The minimum atomic E-state index is 0.600. The van der Waals surface area contributed by atoms with Crippen molar-refractivity contribution < 1.29 is 4.74 Å². The van der Waals surface area contributed by atoms with Crippen molar-refractivity contribution in [3.63, 3.8) is 0 Å². The summed E-state index contributed by atoms with van der Waals surface area (Å²) in [7, 11) is 0. The number of nitrogens with one attached hydrogen (secondary N) is 1. The second-order valence-corrected chi connectivity index (χ2v) is 6.20. The molecule has 0 bridgehead atoms. The van der Waals surface area contributed by atoms with Gasteiger partial charge in [-0.15, -0.1) is 0 Å². The van der Waals surface area contributed by atoms with E-state index in [-0.39, 0.29) is 0 Å². The monoisotopic (exact) mass is 285 g/mol. The predicted molar refractivity (Wildman–Crippen MR) is 86.9 cm³/mol. The Kier molecular flexibility index (Phi) is 4.49. The predicted octanol–water partition coefficient (Wildman–Crippen LogP) is 4.79. The molecule has 2 nitrogen and oxygen atoms in total. The first-order valence-corrected chi connectivity index (χ1v) is 8.23. The van der Waals surface area contributed by atoms with E-state index in [0.717, 1.165) is 17.2 Å². The van der Waals surface area contributed by atoms with Crippen LogP contribution < -0.4 is 10.1 Å². The highest BCUT2D eigenvalue weighted by molar-refractivity contribution is 7.99. The van der Waals surface area contributed by atoms with Crippen LogP contribution in [0.1, 0.15) is 12.8 Å². The number of hydrogen-bond donors (Lipinski definition) is 1. The average Bonchev–Trinajstić information content (AvgIpc) is 2.50. The van der Waals surface area contributed by atoms with Gasteiger partial charge in [-0.3, -0.25) is 0 Å². The lowest BCUT2D eigenvalue weighted by Crippen LogP contribution is -2.24. The van der Waals surface area contributed by atoms with Gasteiger partial charge < -0.3 is 10.1 Å². The maximum absolute atomic E-state index is 5.86. The van der Waals surface area contributed by atoms with E-state index in [4.69, 9.17) is 4.74 Å². The Bertz CT molecular complexity index is 538. The summed E-state index contributed by atoms with van der Waals surface area (Å²) >= 11 is 2.05. The third kappa shape index (κ3) is 3.70. The van der Waals surface area contributed by atoms with Crippen LogP contribution in [-0.2, 0) is 0 Å². The molecular formula is C17H19NOS. The summed E-state index contributed by atoms with van der Waals surface area (Å²) in [6.07, 6.45) is 2.49. The van der Waals surface area contributed by atoms with Gasteiger partial charge in [0.05, 0.1) is 0 Å². The largest absolute Gasteiger partial charge is 0.457 e. The molecule has 3 rings (SSSR count). The Labute approximate surface area is 124 Å². The molecule has 0 saturated carbocycles. The fourth-order valence-corrected chi connectivity index (χ4v) is 3.46. The molecule has 1 fully saturated rings. The first-order valence-electron chi connectivity index (χ1n) is 7.07. The molecule has 0 atom stereocenters. The molecule has 0 unspecified atom stereocenters. The number of hydrogen-bond acceptors (Lipinski definition) is 3. The van der Waals surface area contributed by atoms with Crippen molar-refractivity contribution in [2.24, 2.45) is 0 Å². The van der Waals surface area contributed by atoms with Gasteiger partial charge in [-0.2, -0.15) is 11.8 Å². The zero-order valence-electron chi connectivity index (χ0n) is 11.4. The molecule has 2 aromatic rings. The van der Waals surface area contributed by atoms with Crippen molar-refractivity contribution in [2.75, 3.05) is 16.8 Å². The molecule has 3 heteroatoms. The van der Waals surface area contributed by atoms with Crippen molar-refractivity contribution in [1.82, 2.24) is 0 Å². The summed E-state index contributed by atoms with van der Waals surface area (Å²) in [5, 5.41) is 3.61. The summed E-state index contributed by atoms with van der Waals surface area (Å²) in [6, 6.07) is 18.7. The van der Waals surface area contributed by atoms with Crippen molar-refractivity contribution in [3.8, 4) is 11.5 Å². The molecule has 104 valence electrons. The third-order valence-corrected chi connectivity index (χ3v) is 4.45. The highest BCUT2D eigenvalue weighted by atomic mass is 32.2. The van der Waals surface area contributed by atoms with Gasteiger partial charge in [0, 0.05) is 17.8 Å². The molecule has 0 aliphatic carbocycles. The molecule has 1 aliphatic rings. The van der Waals surface area contributed by atoms with Gasteiger partial charge in [-0.1, -0.05) is 24.3 Å². The smallest absolute Gasteiger partial charge is 0.129 e. The van der Waals surface area contributed by atoms with Crippen LogP contribution in [0.2, 0.25) is 0 Å². The Morgan fingerprint density at radius 2 is 1.65 bits per heavy atom. The SMILES string of the molecule is c1ccc(Oc2cccc(NC3CCSCC3)c2)cc1. The summed E-state index contributed by atoms with van der Waals surface area (Å²) in [6.45, 7) is 0. The first kappa shape index (κ1) is 13.4. The topological polar surface area (TPSA) is 21.3 Å². The molecule has 20 heavy (non-hydrogen) atoms. The second-order valence-electron chi connectivity index (χ2n) is 4.97. The maximum Gasteiger partial charge on any atom is 0.129 e. The van der Waals surface area contributed by atoms with Gasteiger partial charge >= 0.3 is 0 Å². The number of anilines is 1. The van der Waals surface area contributed by atoms with Gasteiger partial charge in [0.2, 0.25) is 0 Å². The molecule has 1 heterocycles. The standard InChI is InChI=1S/C17H19NOS/c1-2-6-16(7-3-1)19-17-8-4-5-15(13-17)18-14-9-11-20-12-10-14/h1-8,13-14,18H,9-12H2. The summed E-state index contributed by atoms with van der Waals surface area (Å²) in [5.74, 6) is 4.28. The number of benzene rings is 2. The normalized spacial score (nSPS) is 15.8. The molecular weight excluding hydrogens is 266 g/mol. The quantitative estimate of drug-likeness (QED) is 0.873. The highest BCUT2D eigenvalue weighted by Gasteiger charge is 2.13. The Hall–Kier alpha value is -1.61. The Morgan fingerprint density at radius 3 is 2.45 bits per heavy atom. The molecule has 0 spiro atoms.